The monoisotopic (exact) mass is 372 g/mol. The van der Waals surface area contributed by atoms with E-state index in [1.54, 1.807) is 0 Å². The van der Waals surface area contributed by atoms with Gasteiger partial charge in [-0.05, 0) is 33.6 Å². The van der Waals surface area contributed by atoms with Gasteiger partial charge in [0, 0.05) is 0 Å². The first-order valence-electron chi connectivity index (χ1n) is 7.52. The van der Waals surface area contributed by atoms with E-state index in [0.29, 0.717) is 11.1 Å². The summed E-state index contributed by atoms with van der Waals surface area (Å²) in [5.41, 5.74) is -0.697. The van der Waals surface area contributed by atoms with Crippen LogP contribution in [0, 0.1) is 0 Å². The number of hydrogen-bond acceptors (Lipinski definition) is 0. The molecule has 0 bridgehead atoms. The number of halogens is 6. The van der Waals surface area contributed by atoms with Crippen LogP contribution in [0.4, 0.5) is 26.3 Å². The van der Waals surface area contributed by atoms with Crippen LogP contribution >= 0.6 is 0 Å². The maximum absolute atomic E-state index is 13.0. The van der Waals surface area contributed by atoms with E-state index in [1.165, 1.54) is 24.3 Å². The molecule has 2 aromatic rings. The molecule has 0 aromatic heterocycles. The Labute approximate surface area is 141 Å². The number of benzene rings is 2. The predicted molar refractivity (Wildman–Crippen MR) is 88.6 cm³/mol. The quantitative estimate of drug-likeness (QED) is 0.449. The second kappa shape index (κ2) is 5.49. The summed E-state index contributed by atoms with van der Waals surface area (Å²) in [6.07, 6.45) is -5.97. The van der Waals surface area contributed by atoms with Gasteiger partial charge in [-0.3, -0.25) is 0 Å². The average molecular weight is 372 g/mol. The topological polar surface area (TPSA) is 0 Å². The third kappa shape index (κ3) is 3.12. The van der Waals surface area contributed by atoms with Crippen molar-refractivity contribution in [3.63, 3.8) is 0 Å². The molecule has 1 heterocycles. The van der Waals surface area contributed by atoms with E-state index in [0.717, 1.165) is 34.6 Å². The molecule has 0 unspecified atom stereocenters. The standard InChI is InChI=1S/C18H14F6Si/c1-25(2)15-7-5-13(17(19,20)21)9-11(15)3-4-12-10-14(18(22,23)24)6-8-16(12)25/h3-10H,1-2H3. The van der Waals surface area contributed by atoms with Gasteiger partial charge in [0.25, 0.3) is 0 Å². The zero-order valence-electron chi connectivity index (χ0n) is 13.4. The molecule has 0 spiro atoms. The molecule has 0 radical (unpaired) electrons. The summed E-state index contributed by atoms with van der Waals surface area (Å²) in [5, 5.41) is 1.55. The molecule has 0 amide bonds. The molecule has 0 fully saturated rings. The molecule has 0 atom stereocenters. The molecule has 7 heteroatoms. The van der Waals surface area contributed by atoms with Gasteiger partial charge < -0.3 is 0 Å². The highest BCUT2D eigenvalue weighted by Gasteiger charge is 2.37. The van der Waals surface area contributed by atoms with Gasteiger partial charge in [0.1, 0.15) is 8.07 Å². The SMILES string of the molecule is C[Si]1(C)c2ccc(C(F)(F)F)cc2C=Cc2cc(C(F)(F)F)ccc21. The van der Waals surface area contributed by atoms with Gasteiger partial charge >= 0.3 is 12.4 Å². The lowest BCUT2D eigenvalue weighted by molar-refractivity contribution is -0.138. The second-order valence-corrected chi connectivity index (χ2v) is 10.9. The Balaban J connectivity index is 2.20. The van der Waals surface area contributed by atoms with Gasteiger partial charge in [0.05, 0.1) is 11.1 Å². The molecule has 25 heavy (non-hydrogen) atoms. The zero-order valence-corrected chi connectivity index (χ0v) is 14.4. The van der Waals surface area contributed by atoms with E-state index in [2.05, 4.69) is 0 Å². The van der Waals surface area contributed by atoms with Crippen LogP contribution in [-0.2, 0) is 12.4 Å². The van der Waals surface area contributed by atoms with Crippen LogP contribution in [0.5, 0.6) is 0 Å². The lowest BCUT2D eigenvalue weighted by Crippen LogP contribution is -2.54. The van der Waals surface area contributed by atoms with Crippen molar-refractivity contribution in [2.75, 3.05) is 0 Å². The smallest absolute Gasteiger partial charge is 0.166 e. The first kappa shape index (κ1) is 17.8. The van der Waals surface area contributed by atoms with Crippen LogP contribution in [0.2, 0.25) is 13.1 Å². The van der Waals surface area contributed by atoms with Crippen molar-refractivity contribution >= 4 is 30.6 Å². The summed E-state index contributed by atoms with van der Waals surface area (Å²) < 4.78 is 77.8. The highest BCUT2D eigenvalue weighted by atomic mass is 28.3. The highest BCUT2D eigenvalue weighted by Crippen LogP contribution is 2.33. The molecule has 1 aliphatic heterocycles. The lowest BCUT2D eigenvalue weighted by Gasteiger charge is -2.27. The Hall–Kier alpha value is -2.02. The fraction of sp³-hybridized carbons (Fsp3) is 0.222. The van der Waals surface area contributed by atoms with Crippen molar-refractivity contribution < 1.29 is 26.3 Å². The number of alkyl halides is 6. The summed E-state index contributed by atoms with van der Waals surface area (Å²) in [6.45, 7) is 3.86. The minimum Gasteiger partial charge on any atom is -0.166 e. The minimum atomic E-state index is -4.46. The number of hydrogen-bond donors (Lipinski definition) is 0. The van der Waals surface area contributed by atoms with Crippen LogP contribution in [0.25, 0.3) is 12.2 Å². The molecule has 0 N–H and O–H groups in total. The van der Waals surface area contributed by atoms with Crippen molar-refractivity contribution in [3.05, 3.63) is 58.7 Å². The van der Waals surface area contributed by atoms with Gasteiger partial charge in [0.2, 0.25) is 0 Å². The normalized spacial score (nSPS) is 16.2. The minimum absolute atomic E-state index is 0.413. The van der Waals surface area contributed by atoms with E-state index >= 15 is 0 Å². The summed E-state index contributed by atoms with van der Waals surface area (Å²) >= 11 is 0. The molecular weight excluding hydrogens is 358 g/mol. The lowest BCUT2D eigenvalue weighted by atomic mass is 10.1. The Bertz CT molecular complexity index is 789. The molecule has 0 saturated heterocycles. The van der Waals surface area contributed by atoms with Gasteiger partial charge in [-0.2, -0.15) is 26.3 Å². The first-order chi connectivity index (χ1) is 11.4. The van der Waals surface area contributed by atoms with Crippen LogP contribution in [0.3, 0.4) is 0 Å². The summed E-state index contributed by atoms with van der Waals surface area (Å²) in [6, 6.07) is 7.13. The Kier molecular flexibility index (Phi) is 3.91. The maximum Gasteiger partial charge on any atom is 0.416 e. The van der Waals surface area contributed by atoms with Crippen LogP contribution in [0.1, 0.15) is 22.3 Å². The predicted octanol–water partition coefficient (Wildman–Crippen LogP) is 5.03. The fourth-order valence-corrected chi connectivity index (χ4v) is 6.26. The van der Waals surface area contributed by atoms with Crippen molar-refractivity contribution in [2.24, 2.45) is 0 Å². The van der Waals surface area contributed by atoms with Gasteiger partial charge in [-0.1, -0.05) is 49.5 Å². The van der Waals surface area contributed by atoms with Gasteiger partial charge in [-0.15, -0.1) is 0 Å². The van der Waals surface area contributed by atoms with Crippen LogP contribution < -0.4 is 10.4 Å². The number of rotatable bonds is 0. The molecule has 1 aliphatic rings. The van der Waals surface area contributed by atoms with Crippen molar-refractivity contribution in [3.8, 4) is 0 Å². The molecule has 2 aromatic carbocycles. The molecule has 0 aliphatic carbocycles. The highest BCUT2D eigenvalue weighted by molar-refractivity contribution is 7.01. The molecule has 3 rings (SSSR count). The molecule has 0 nitrogen and oxygen atoms in total. The summed E-state index contributed by atoms with van der Waals surface area (Å²) in [7, 11) is -2.44. The van der Waals surface area contributed by atoms with Crippen LogP contribution in [-0.4, -0.2) is 8.07 Å². The summed E-state index contributed by atoms with van der Waals surface area (Å²) in [4.78, 5) is 0. The Morgan fingerprint density at radius 2 is 1.00 bits per heavy atom. The van der Waals surface area contributed by atoms with Crippen molar-refractivity contribution in [1.29, 1.82) is 0 Å². The maximum atomic E-state index is 13.0. The second-order valence-electron chi connectivity index (χ2n) is 6.56. The van der Waals surface area contributed by atoms with Gasteiger partial charge in [0.15, 0.2) is 0 Å². The van der Waals surface area contributed by atoms with Crippen molar-refractivity contribution in [2.45, 2.75) is 25.4 Å². The van der Waals surface area contributed by atoms with Crippen LogP contribution in [0.15, 0.2) is 36.4 Å². The fourth-order valence-electron chi connectivity index (χ4n) is 3.22. The zero-order chi connectivity index (χ0) is 18.6. The Morgan fingerprint density at radius 1 is 0.640 bits per heavy atom. The van der Waals surface area contributed by atoms with Crippen molar-refractivity contribution in [1.82, 2.24) is 0 Å². The average Bonchev–Trinajstić information content (AvgIpc) is 2.60. The molecule has 132 valence electrons. The third-order valence-electron chi connectivity index (χ3n) is 4.55. The van der Waals surface area contributed by atoms with E-state index in [4.69, 9.17) is 0 Å². The van der Waals surface area contributed by atoms with E-state index in [1.807, 2.05) is 13.1 Å². The molecule has 0 saturated carbocycles. The number of fused-ring (bicyclic) bond motifs is 2. The molecular formula is C18H14F6Si. The summed E-state index contributed by atoms with van der Waals surface area (Å²) in [5.74, 6) is 0. The third-order valence-corrected chi connectivity index (χ3v) is 8.15. The first-order valence-corrected chi connectivity index (χ1v) is 10.5. The van der Waals surface area contributed by atoms with E-state index in [-0.39, 0.29) is 0 Å². The largest absolute Gasteiger partial charge is 0.416 e. The van der Waals surface area contributed by atoms with E-state index < -0.39 is 31.6 Å². The van der Waals surface area contributed by atoms with E-state index in [9.17, 15) is 26.3 Å². The van der Waals surface area contributed by atoms with Gasteiger partial charge in [-0.25, -0.2) is 0 Å². The Morgan fingerprint density at radius 3 is 1.32 bits per heavy atom.